The van der Waals surface area contributed by atoms with E-state index in [0.717, 1.165) is 22.3 Å². The zero-order chi connectivity index (χ0) is 24.8. The van der Waals surface area contributed by atoms with E-state index < -0.39 is 48.2 Å². The summed E-state index contributed by atoms with van der Waals surface area (Å²) in [5, 5.41) is 11.8. The molecule has 5 rings (SSSR count). The summed E-state index contributed by atoms with van der Waals surface area (Å²) in [4.78, 5) is 38.0. The van der Waals surface area contributed by atoms with Gasteiger partial charge in [0.2, 0.25) is 5.91 Å². The van der Waals surface area contributed by atoms with Gasteiger partial charge in [0, 0.05) is 32.0 Å². The molecule has 0 radical (unpaired) electrons. The summed E-state index contributed by atoms with van der Waals surface area (Å²) in [5.74, 6) is -7.37. The minimum atomic E-state index is -3.35. The number of halogens is 2. The summed E-state index contributed by atoms with van der Waals surface area (Å²) in [5.41, 5.74) is 3.52. The third-order valence-corrected chi connectivity index (χ3v) is 7.44. The number of alkyl carbamates (subject to hydrolysis) is 1. The van der Waals surface area contributed by atoms with Crippen molar-refractivity contribution in [2.45, 2.75) is 31.1 Å². The highest BCUT2D eigenvalue weighted by atomic mass is 19.3. The van der Waals surface area contributed by atoms with Gasteiger partial charge in [-0.15, -0.1) is 0 Å². The number of benzene rings is 2. The molecular weight excluding hydrogens is 458 g/mol. The maximum absolute atomic E-state index is 13.9. The number of carboxylic acid groups (broad SMARTS) is 1. The van der Waals surface area contributed by atoms with Crippen molar-refractivity contribution in [2.24, 2.45) is 11.3 Å². The smallest absolute Gasteiger partial charge is 0.407 e. The molecule has 1 aliphatic heterocycles. The lowest BCUT2D eigenvalue weighted by Gasteiger charge is -2.38. The number of alkyl halides is 2. The molecule has 0 spiro atoms. The van der Waals surface area contributed by atoms with Crippen LogP contribution in [0.4, 0.5) is 13.6 Å². The van der Waals surface area contributed by atoms with Crippen LogP contribution in [0.5, 0.6) is 0 Å². The quantitative estimate of drug-likeness (QED) is 0.649. The second-order valence-corrected chi connectivity index (χ2v) is 9.61. The van der Waals surface area contributed by atoms with Crippen LogP contribution in [0, 0.1) is 11.3 Å². The first-order valence-electron chi connectivity index (χ1n) is 11.7. The number of fused-ring (bicyclic) bond motifs is 3. The summed E-state index contributed by atoms with van der Waals surface area (Å²) < 4.78 is 33.4. The van der Waals surface area contributed by atoms with Gasteiger partial charge in [-0.25, -0.2) is 13.6 Å². The first-order valence-corrected chi connectivity index (χ1v) is 11.7. The van der Waals surface area contributed by atoms with Crippen LogP contribution in [0.15, 0.2) is 48.5 Å². The van der Waals surface area contributed by atoms with Gasteiger partial charge >= 0.3 is 12.1 Å². The lowest BCUT2D eigenvalue weighted by Crippen LogP contribution is -2.54. The minimum absolute atomic E-state index is 0.0210. The number of nitrogens with one attached hydrogen (secondary N) is 1. The number of likely N-dealkylation sites (tertiary alicyclic amines) is 1. The van der Waals surface area contributed by atoms with Gasteiger partial charge in [0.15, 0.2) is 0 Å². The highest BCUT2D eigenvalue weighted by molar-refractivity contribution is 5.87. The van der Waals surface area contributed by atoms with E-state index in [9.17, 15) is 23.2 Å². The van der Waals surface area contributed by atoms with Crippen molar-refractivity contribution in [1.82, 2.24) is 10.2 Å². The van der Waals surface area contributed by atoms with Gasteiger partial charge in [0.25, 0.3) is 5.92 Å². The summed E-state index contributed by atoms with van der Waals surface area (Å²) in [7, 11) is 0. The fraction of sp³-hybridized carbons (Fsp3) is 0.423. The van der Waals surface area contributed by atoms with E-state index in [2.05, 4.69) is 5.32 Å². The summed E-state index contributed by atoms with van der Waals surface area (Å²) >= 11 is 0. The molecule has 1 heterocycles. The van der Waals surface area contributed by atoms with Crippen LogP contribution in [0.2, 0.25) is 0 Å². The van der Waals surface area contributed by atoms with E-state index in [1.165, 1.54) is 4.90 Å². The van der Waals surface area contributed by atoms with Crippen molar-refractivity contribution in [3.8, 4) is 11.1 Å². The van der Waals surface area contributed by atoms with Crippen LogP contribution in [0.1, 0.15) is 36.3 Å². The van der Waals surface area contributed by atoms with Gasteiger partial charge in [0.05, 0.1) is 5.41 Å². The summed E-state index contributed by atoms with van der Waals surface area (Å²) in [6.07, 6.45) is -0.342. The zero-order valence-electron chi connectivity index (χ0n) is 19.0. The molecule has 2 aromatic rings. The van der Waals surface area contributed by atoms with Gasteiger partial charge in [-0.3, -0.25) is 9.59 Å². The Bertz CT molecular complexity index is 1130. The molecule has 9 heteroatoms. The first kappa shape index (κ1) is 23.3. The maximum atomic E-state index is 13.9. The average Bonchev–Trinajstić information content (AvgIpc) is 3.57. The van der Waals surface area contributed by atoms with Crippen LogP contribution in [-0.4, -0.2) is 60.1 Å². The lowest BCUT2D eigenvalue weighted by atomic mass is 9.92. The van der Waals surface area contributed by atoms with Gasteiger partial charge in [-0.1, -0.05) is 48.5 Å². The third-order valence-electron chi connectivity index (χ3n) is 7.44. The third kappa shape index (κ3) is 4.24. The van der Waals surface area contributed by atoms with Crippen molar-refractivity contribution in [3.63, 3.8) is 0 Å². The number of piperidine rings is 1. The number of carboxylic acids is 1. The number of rotatable bonds is 6. The van der Waals surface area contributed by atoms with E-state index in [4.69, 9.17) is 9.84 Å². The fourth-order valence-corrected chi connectivity index (χ4v) is 5.19. The van der Waals surface area contributed by atoms with Gasteiger partial charge in [0.1, 0.15) is 12.5 Å². The molecular formula is C26H26F2N2O5. The predicted octanol–water partition coefficient (Wildman–Crippen LogP) is 3.87. The van der Waals surface area contributed by atoms with Crippen LogP contribution >= 0.6 is 0 Å². The second-order valence-electron chi connectivity index (χ2n) is 9.61. The molecule has 1 saturated carbocycles. The number of aliphatic carboxylic acids is 1. The number of ether oxygens (including phenoxy) is 1. The Morgan fingerprint density at radius 2 is 1.60 bits per heavy atom. The number of amides is 2. The molecule has 7 nitrogen and oxygen atoms in total. The highest BCUT2D eigenvalue weighted by Gasteiger charge is 2.56. The van der Waals surface area contributed by atoms with E-state index in [1.807, 2.05) is 48.5 Å². The van der Waals surface area contributed by atoms with Crippen molar-refractivity contribution in [1.29, 1.82) is 0 Å². The SMILES string of the molecule is O=C(NCC1(C(=O)N2CCC(F)(F)C(C(=O)O)C2)CC1)OCC1c2ccccc2-c2ccccc21. The van der Waals surface area contributed by atoms with Gasteiger partial charge < -0.3 is 20.1 Å². The molecule has 0 aromatic heterocycles. The number of hydrogen-bond acceptors (Lipinski definition) is 4. The number of nitrogens with zero attached hydrogens (tertiary/aromatic N) is 1. The Labute approximate surface area is 201 Å². The van der Waals surface area contributed by atoms with Crippen molar-refractivity contribution >= 4 is 18.0 Å². The average molecular weight is 484 g/mol. The summed E-state index contributed by atoms with van der Waals surface area (Å²) in [6, 6.07) is 16.0. The van der Waals surface area contributed by atoms with Gasteiger partial charge in [-0.05, 0) is 35.1 Å². The van der Waals surface area contributed by atoms with Crippen LogP contribution in [0.25, 0.3) is 11.1 Å². The Morgan fingerprint density at radius 1 is 1.00 bits per heavy atom. The fourth-order valence-electron chi connectivity index (χ4n) is 5.19. The molecule has 2 aliphatic carbocycles. The molecule has 0 bridgehead atoms. The van der Waals surface area contributed by atoms with E-state index in [0.29, 0.717) is 12.8 Å². The highest BCUT2D eigenvalue weighted by Crippen LogP contribution is 2.48. The van der Waals surface area contributed by atoms with Crippen molar-refractivity contribution in [3.05, 3.63) is 59.7 Å². The molecule has 1 atom stereocenters. The van der Waals surface area contributed by atoms with E-state index in [-0.39, 0.29) is 25.6 Å². The van der Waals surface area contributed by atoms with Crippen LogP contribution in [-0.2, 0) is 14.3 Å². The summed E-state index contributed by atoms with van der Waals surface area (Å²) in [6.45, 7) is -0.578. The molecule has 2 fully saturated rings. The number of carbonyl (C=O) groups is 3. The Balaban J connectivity index is 1.18. The first-order chi connectivity index (χ1) is 16.7. The Morgan fingerprint density at radius 3 is 2.17 bits per heavy atom. The molecule has 184 valence electrons. The second kappa shape index (κ2) is 8.62. The monoisotopic (exact) mass is 484 g/mol. The lowest BCUT2D eigenvalue weighted by molar-refractivity contribution is -0.170. The molecule has 3 aliphatic rings. The van der Waals surface area contributed by atoms with Crippen molar-refractivity contribution in [2.75, 3.05) is 26.2 Å². The van der Waals surface area contributed by atoms with Crippen LogP contribution in [0.3, 0.4) is 0 Å². The van der Waals surface area contributed by atoms with E-state index >= 15 is 0 Å². The molecule has 1 unspecified atom stereocenters. The normalized spacial score (nSPS) is 21.5. The predicted molar refractivity (Wildman–Crippen MR) is 122 cm³/mol. The maximum Gasteiger partial charge on any atom is 0.407 e. The molecule has 1 saturated heterocycles. The molecule has 2 amide bonds. The Hall–Kier alpha value is -3.49. The standard InChI is InChI=1S/C26H26F2N2O5/c27-26(28)11-12-30(13-21(26)22(31)32)23(33)25(9-10-25)15-29-24(34)35-14-20-18-7-3-1-5-16(18)17-6-2-4-8-19(17)20/h1-8,20-21H,9-15H2,(H,29,34)(H,31,32). The molecule has 2 N–H and O–H groups in total. The van der Waals surface area contributed by atoms with Crippen molar-refractivity contribution < 1.29 is 33.0 Å². The van der Waals surface area contributed by atoms with E-state index in [1.54, 1.807) is 0 Å². The largest absolute Gasteiger partial charge is 0.481 e. The Kier molecular flexibility index (Phi) is 5.73. The van der Waals surface area contributed by atoms with Gasteiger partial charge in [-0.2, -0.15) is 0 Å². The number of hydrogen-bond donors (Lipinski definition) is 2. The number of carbonyl (C=O) groups excluding carboxylic acids is 2. The topological polar surface area (TPSA) is 95.9 Å². The molecule has 2 aromatic carbocycles. The van der Waals surface area contributed by atoms with Crippen LogP contribution < -0.4 is 5.32 Å². The minimum Gasteiger partial charge on any atom is -0.481 e. The zero-order valence-corrected chi connectivity index (χ0v) is 19.0. The molecule has 35 heavy (non-hydrogen) atoms.